The van der Waals surface area contributed by atoms with E-state index >= 15 is 0 Å². The predicted molar refractivity (Wildman–Crippen MR) is 124 cm³/mol. The zero-order valence-corrected chi connectivity index (χ0v) is 19.1. The van der Waals surface area contributed by atoms with Crippen LogP contribution in [0.2, 0.25) is 0 Å². The molecule has 1 N–H and O–H groups in total. The second-order valence-electron chi connectivity index (χ2n) is 7.79. The van der Waals surface area contributed by atoms with Crippen LogP contribution >= 0.6 is 11.8 Å². The SMILES string of the molecule is CC(C)Oc1cccc(CC(=O)NCCN2C(=O)S/C(=C/c3ccc4c(c3)OCO4)C2=O)c1. The molecule has 172 valence electrons. The second-order valence-corrected chi connectivity index (χ2v) is 8.78. The van der Waals surface area contributed by atoms with Crippen LogP contribution in [0.5, 0.6) is 17.2 Å². The summed E-state index contributed by atoms with van der Waals surface area (Å²) in [6, 6.07) is 12.7. The zero-order chi connectivity index (χ0) is 23.4. The van der Waals surface area contributed by atoms with Crippen molar-refractivity contribution in [2.75, 3.05) is 19.9 Å². The Morgan fingerprint density at radius 1 is 1.18 bits per heavy atom. The van der Waals surface area contributed by atoms with Gasteiger partial charge in [0.05, 0.1) is 17.4 Å². The third kappa shape index (κ3) is 5.67. The lowest BCUT2D eigenvalue weighted by molar-refractivity contribution is -0.124. The van der Waals surface area contributed by atoms with Crippen LogP contribution in [-0.2, 0) is 16.0 Å². The van der Waals surface area contributed by atoms with E-state index in [9.17, 15) is 14.4 Å². The van der Waals surface area contributed by atoms with E-state index in [1.165, 1.54) is 0 Å². The van der Waals surface area contributed by atoms with Crippen molar-refractivity contribution < 1.29 is 28.6 Å². The average molecular weight is 469 g/mol. The third-order valence-electron chi connectivity index (χ3n) is 4.86. The van der Waals surface area contributed by atoms with Gasteiger partial charge in [-0.05, 0) is 67.1 Å². The van der Waals surface area contributed by atoms with E-state index in [1.807, 2.05) is 38.1 Å². The van der Waals surface area contributed by atoms with Gasteiger partial charge in [-0.1, -0.05) is 18.2 Å². The smallest absolute Gasteiger partial charge is 0.293 e. The number of carbonyl (C=O) groups is 3. The number of amides is 3. The quantitative estimate of drug-likeness (QED) is 0.592. The number of imide groups is 1. The highest BCUT2D eigenvalue weighted by molar-refractivity contribution is 8.18. The van der Waals surface area contributed by atoms with E-state index in [2.05, 4.69) is 5.32 Å². The molecule has 0 spiro atoms. The highest BCUT2D eigenvalue weighted by Crippen LogP contribution is 2.36. The van der Waals surface area contributed by atoms with Crippen LogP contribution in [-0.4, -0.2) is 47.9 Å². The van der Waals surface area contributed by atoms with Crippen LogP contribution < -0.4 is 19.5 Å². The Hall–Kier alpha value is -3.46. The lowest BCUT2D eigenvalue weighted by Gasteiger charge is -2.13. The summed E-state index contributed by atoms with van der Waals surface area (Å²) in [7, 11) is 0. The minimum atomic E-state index is -0.379. The number of rotatable bonds is 8. The van der Waals surface area contributed by atoms with E-state index in [1.54, 1.807) is 24.3 Å². The van der Waals surface area contributed by atoms with Crippen molar-refractivity contribution >= 4 is 34.9 Å². The van der Waals surface area contributed by atoms with Gasteiger partial charge in [-0.3, -0.25) is 19.3 Å². The molecule has 1 saturated heterocycles. The maximum atomic E-state index is 12.7. The van der Waals surface area contributed by atoms with Gasteiger partial charge in [-0.25, -0.2) is 0 Å². The lowest BCUT2D eigenvalue weighted by Crippen LogP contribution is -2.37. The molecule has 2 aliphatic heterocycles. The summed E-state index contributed by atoms with van der Waals surface area (Å²) in [5, 5.41) is 2.41. The van der Waals surface area contributed by atoms with E-state index < -0.39 is 0 Å². The molecular weight excluding hydrogens is 444 g/mol. The van der Waals surface area contributed by atoms with Crippen LogP contribution in [0, 0.1) is 0 Å². The average Bonchev–Trinajstić information content (AvgIpc) is 3.33. The first kappa shape index (κ1) is 22.7. The van der Waals surface area contributed by atoms with Crippen molar-refractivity contribution in [3.63, 3.8) is 0 Å². The Bertz CT molecular complexity index is 1110. The fourth-order valence-corrected chi connectivity index (χ4v) is 4.27. The molecule has 0 bridgehead atoms. The zero-order valence-electron chi connectivity index (χ0n) is 18.3. The highest BCUT2D eigenvalue weighted by Gasteiger charge is 2.34. The number of benzene rings is 2. The van der Waals surface area contributed by atoms with E-state index in [4.69, 9.17) is 14.2 Å². The number of fused-ring (bicyclic) bond motifs is 1. The minimum Gasteiger partial charge on any atom is -0.491 e. The molecule has 0 aromatic heterocycles. The number of nitrogens with zero attached hydrogens (tertiary/aromatic N) is 1. The Balaban J connectivity index is 1.29. The minimum absolute atomic E-state index is 0.0477. The lowest BCUT2D eigenvalue weighted by atomic mass is 10.1. The van der Waals surface area contributed by atoms with Gasteiger partial charge in [0.25, 0.3) is 11.1 Å². The third-order valence-corrected chi connectivity index (χ3v) is 5.77. The van der Waals surface area contributed by atoms with Crippen molar-refractivity contribution in [1.82, 2.24) is 10.2 Å². The molecule has 4 rings (SSSR count). The molecule has 0 aliphatic carbocycles. The maximum Gasteiger partial charge on any atom is 0.293 e. The number of carbonyl (C=O) groups excluding carboxylic acids is 3. The van der Waals surface area contributed by atoms with Crippen molar-refractivity contribution in [2.45, 2.75) is 26.4 Å². The number of hydrogen-bond donors (Lipinski definition) is 1. The number of thioether (sulfide) groups is 1. The summed E-state index contributed by atoms with van der Waals surface area (Å²) in [4.78, 5) is 38.8. The van der Waals surface area contributed by atoms with Gasteiger partial charge in [0.2, 0.25) is 12.7 Å². The molecule has 3 amide bonds. The summed E-state index contributed by atoms with van der Waals surface area (Å²) in [6.45, 7) is 4.32. The Labute approximate surface area is 195 Å². The molecule has 2 heterocycles. The molecule has 0 radical (unpaired) electrons. The topological polar surface area (TPSA) is 94.2 Å². The molecule has 8 nitrogen and oxygen atoms in total. The molecule has 2 aromatic carbocycles. The summed E-state index contributed by atoms with van der Waals surface area (Å²) < 4.78 is 16.3. The molecule has 1 fully saturated rings. The molecule has 0 unspecified atom stereocenters. The van der Waals surface area contributed by atoms with Gasteiger partial charge in [-0.15, -0.1) is 0 Å². The summed E-state index contributed by atoms with van der Waals surface area (Å²) >= 11 is 0.878. The first-order chi connectivity index (χ1) is 15.9. The van der Waals surface area contributed by atoms with Crippen molar-refractivity contribution in [3.05, 3.63) is 58.5 Å². The number of ether oxygens (including phenoxy) is 3. The molecule has 33 heavy (non-hydrogen) atoms. The van der Waals surface area contributed by atoms with Crippen molar-refractivity contribution in [3.8, 4) is 17.2 Å². The Morgan fingerprint density at radius 2 is 2.00 bits per heavy atom. The van der Waals surface area contributed by atoms with Crippen molar-refractivity contribution in [2.24, 2.45) is 0 Å². The molecule has 2 aromatic rings. The maximum absolute atomic E-state index is 12.7. The van der Waals surface area contributed by atoms with Crippen LogP contribution in [0.25, 0.3) is 6.08 Å². The highest BCUT2D eigenvalue weighted by atomic mass is 32.2. The number of hydrogen-bond acceptors (Lipinski definition) is 7. The van der Waals surface area contributed by atoms with Gasteiger partial charge >= 0.3 is 0 Å². The first-order valence-corrected chi connectivity index (χ1v) is 11.4. The Morgan fingerprint density at radius 3 is 2.82 bits per heavy atom. The molecule has 9 heteroatoms. The first-order valence-electron chi connectivity index (χ1n) is 10.6. The van der Waals surface area contributed by atoms with Crippen LogP contribution in [0.3, 0.4) is 0 Å². The van der Waals surface area contributed by atoms with Gasteiger partial charge in [0, 0.05) is 13.1 Å². The predicted octanol–water partition coefficient (Wildman–Crippen LogP) is 3.60. The van der Waals surface area contributed by atoms with Gasteiger partial charge in [-0.2, -0.15) is 0 Å². The van der Waals surface area contributed by atoms with Crippen molar-refractivity contribution in [1.29, 1.82) is 0 Å². The largest absolute Gasteiger partial charge is 0.491 e. The van der Waals surface area contributed by atoms with Crippen LogP contribution in [0.1, 0.15) is 25.0 Å². The molecule has 0 atom stereocenters. The van der Waals surface area contributed by atoms with E-state index in [-0.39, 0.29) is 49.5 Å². The molecular formula is C24H24N2O6S. The van der Waals surface area contributed by atoms with Gasteiger partial charge in [0.1, 0.15) is 5.75 Å². The summed E-state index contributed by atoms with van der Waals surface area (Å²) in [6.07, 6.45) is 1.88. The monoisotopic (exact) mass is 468 g/mol. The van der Waals surface area contributed by atoms with E-state index in [0.717, 1.165) is 27.8 Å². The second kappa shape index (κ2) is 9.99. The summed E-state index contributed by atoms with van der Waals surface area (Å²) in [5.74, 6) is 1.39. The molecule has 0 saturated carbocycles. The van der Waals surface area contributed by atoms with Crippen LogP contribution in [0.15, 0.2) is 47.4 Å². The van der Waals surface area contributed by atoms with Gasteiger partial charge in [0.15, 0.2) is 11.5 Å². The number of nitrogens with one attached hydrogen (secondary N) is 1. The molecule has 2 aliphatic rings. The van der Waals surface area contributed by atoms with Crippen LogP contribution in [0.4, 0.5) is 4.79 Å². The van der Waals surface area contributed by atoms with Gasteiger partial charge < -0.3 is 19.5 Å². The fourth-order valence-electron chi connectivity index (χ4n) is 3.40. The van der Waals surface area contributed by atoms with E-state index in [0.29, 0.717) is 22.2 Å². The normalized spacial score (nSPS) is 16.1. The summed E-state index contributed by atoms with van der Waals surface area (Å²) in [5.41, 5.74) is 1.56. The Kier molecular flexibility index (Phi) is 6.88. The fraction of sp³-hybridized carbons (Fsp3) is 0.292. The standard InChI is InChI=1S/C24H24N2O6S/c1-15(2)32-18-5-3-4-16(10-18)13-22(27)25-8-9-26-23(28)21(33-24(26)29)12-17-6-7-19-20(11-17)31-14-30-19/h3-7,10-12,15H,8-9,13-14H2,1-2H3,(H,25,27)/b21-12+.